The molecule has 1 unspecified atom stereocenters. The summed E-state index contributed by atoms with van der Waals surface area (Å²) in [5, 5.41) is 3.44. The van der Waals surface area contributed by atoms with E-state index >= 15 is 0 Å². The van der Waals surface area contributed by atoms with E-state index < -0.39 is 0 Å². The molecule has 0 aliphatic carbocycles. The number of rotatable bonds is 3. The van der Waals surface area contributed by atoms with E-state index in [-0.39, 0.29) is 11.8 Å². The number of ether oxygens (including phenoxy) is 1. The molecule has 2 saturated heterocycles. The highest BCUT2D eigenvalue weighted by Gasteiger charge is 2.26. The van der Waals surface area contributed by atoms with Crippen LogP contribution in [0.15, 0.2) is 18.2 Å². The molecule has 6 nitrogen and oxygen atoms in total. The fraction of sp³-hybridized carbons (Fsp3) is 0.579. The molecule has 0 bridgehead atoms. The zero-order valence-corrected chi connectivity index (χ0v) is 15.9. The van der Waals surface area contributed by atoms with Gasteiger partial charge < -0.3 is 15.0 Å². The van der Waals surface area contributed by atoms with Crippen molar-refractivity contribution >= 4 is 23.4 Å². The van der Waals surface area contributed by atoms with E-state index in [9.17, 15) is 9.59 Å². The summed E-state index contributed by atoms with van der Waals surface area (Å²) in [6.07, 6.45) is 3.39. The molecule has 3 rings (SSSR count). The van der Waals surface area contributed by atoms with Gasteiger partial charge in [-0.25, -0.2) is 0 Å². The van der Waals surface area contributed by atoms with Gasteiger partial charge >= 0.3 is 0 Å². The number of hydrogen-bond acceptors (Lipinski definition) is 4. The molecular weight excluding hydrogens is 354 g/mol. The molecule has 1 atom stereocenters. The van der Waals surface area contributed by atoms with E-state index in [1.807, 2.05) is 4.90 Å². The topological polar surface area (TPSA) is 61.9 Å². The van der Waals surface area contributed by atoms with Crippen LogP contribution in [0.1, 0.15) is 36.0 Å². The Morgan fingerprint density at radius 3 is 2.85 bits per heavy atom. The lowest BCUT2D eigenvalue weighted by Gasteiger charge is -2.29. The van der Waals surface area contributed by atoms with Crippen LogP contribution in [0.2, 0.25) is 5.02 Å². The summed E-state index contributed by atoms with van der Waals surface area (Å²) in [5.74, 6) is 0.729. The first-order valence-corrected chi connectivity index (χ1v) is 9.59. The molecule has 26 heavy (non-hydrogen) atoms. The molecule has 2 amide bonds. The third-order valence-corrected chi connectivity index (χ3v) is 5.41. The third-order valence-electron chi connectivity index (χ3n) is 5.19. The summed E-state index contributed by atoms with van der Waals surface area (Å²) in [6.45, 7) is 3.95. The third kappa shape index (κ3) is 4.68. The van der Waals surface area contributed by atoms with Gasteiger partial charge in [0.05, 0.1) is 7.11 Å². The van der Waals surface area contributed by atoms with Gasteiger partial charge in [0.25, 0.3) is 5.91 Å². The van der Waals surface area contributed by atoms with Crippen molar-refractivity contribution < 1.29 is 14.3 Å². The highest BCUT2D eigenvalue weighted by molar-refractivity contribution is 6.31. The Morgan fingerprint density at radius 2 is 2.04 bits per heavy atom. The van der Waals surface area contributed by atoms with Crippen molar-refractivity contribution in [3.63, 3.8) is 0 Å². The number of amides is 2. The van der Waals surface area contributed by atoms with Crippen LogP contribution in [0.4, 0.5) is 0 Å². The molecule has 2 aliphatic heterocycles. The Kier molecular flexibility index (Phi) is 6.38. The van der Waals surface area contributed by atoms with Crippen LogP contribution in [0, 0.1) is 0 Å². The van der Waals surface area contributed by atoms with Gasteiger partial charge in [-0.15, -0.1) is 0 Å². The Bertz CT molecular complexity index is 667. The Morgan fingerprint density at radius 1 is 1.19 bits per heavy atom. The average Bonchev–Trinajstić information content (AvgIpc) is 3.00. The van der Waals surface area contributed by atoms with Crippen molar-refractivity contribution in [2.45, 2.75) is 31.7 Å². The zero-order valence-electron chi connectivity index (χ0n) is 15.2. The van der Waals surface area contributed by atoms with Crippen molar-refractivity contribution in [3.05, 3.63) is 28.8 Å². The molecule has 2 aliphatic rings. The SMILES string of the molecule is COc1cc(Cl)cc(C(=O)N2CCCN(C3CCNC(=O)CC3)CC2)c1. The number of carbonyl (C=O) groups is 2. The number of methoxy groups -OCH3 is 1. The van der Waals surface area contributed by atoms with Crippen LogP contribution < -0.4 is 10.1 Å². The minimum Gasteiger partial charge on any atom is -0.497 e. The Balaban J connectivity index is 1.63. The maximum atomic E-state index is 12.9. The van der Waals surface area contributed by atoms with Crippen molar-refractivity contribution in [1.29, 1.82) is 0 Å². The minimum absolute atomic E-state index is 0.00893. The van der Waals surface area contributed by atoms with E-state index in [2.05, 4.69) is 10.2 Å². The van der Waals surface area contributed by atoms with Crippen LogP contribution >= 0.6 is 11.6 Å². The van der Waals surface area contributed by atoms with Crippen molar-refractivity contribution in [2.75, 3.05) is 39.8 Å². The predicted molar refractivity (Wildman–Crippen MR) is 101 cm³/mol. The maximum Gasteiger partial charge on any atom is 0.254 e. The molecule has 1 aromatic rings. The van der Waals surface area contributed by atoms with E-state index in [0.29, 0.717) is 35.3 Å². The van der Waals surface area contributed by atoms with Crippen molar-refractivity contribution in [3.8, 4) is 5.75 Å². The summed E-state index contributed by atoms with van der Waals surface area (Å²) in [7, 11) is 1.57. The largest absolute Gasteiger partial charge is 0.497 e. The molecular formula is C19H26ClN3O3. The number of nitrogens with one attached hydrogen (secondary N) is 1. The zero-order chi connectivity index (χ0) is 18.5. The fourth-order valence-corrected chi connectivity index (χ4v) is 3.99. The first kappa shape index (κ1) is 19.0. The predicted octanol–water partition coefficient (Wildman–Crippen LogP) is 2.17. The number of carbonyl (C=O) groups excluding carboxylic acids is 2. The van der Waals surface area contributed by atoms with E-state index in [1.165, 1.54) is 0 Å². The molecule has 7 heteroatoms. The van der Waals surface area contributed by atoms with Gasteiger partial charge in [0.2, 0.25) is 5.91 Å². The quantitative estimate of drug-likeness (QED) is 0.874. The average molecular weight is 380 g/mol. The molecule has 0 aromatic heterocycles. The van der Waals surface area contributed by atoms with E-state index in [1.54, 1.807) is 25.3 Å². The Labute approximate surface area is 159 Å². The number of nitrogens with zero attached hydrogens (tertiary/aromatic N) is 2. The van der Waals surface area contributed by atoms with Gasteiger partial charge in [0, 0.05) is 55.8 Å². The second-order valence-corrected chi connectivity index (χ2v) is 7.33. The minimum atomic E-state index is -0.00893. The van der Waals surface area contributed by atoms with Crippen LogP contribution in [-0.2, 0) is 4.79 Å². The maximum absolute atomic E-state index is 12.9. The van der Waals surface area contributed by atoms with Crippen LogP contribution in [-0.4, -0.2) is 67.5 Å². The molecule has 1 N–H and O–H groups in total. The second kappa shape index (κ2) is 8.73. The number of halogens is 1. The Hall–Kier alpha value is -1.79. The molecule has 0 saturated carbocycles. The van der Waals surface area contributed by atoms with Gasteiger partial charge in [0.15, 0.2) is 0 Å². The lowest BCUT2D eigenvalue weighted by atomic mass is 10.1. The van der Waals surface area contributed by atoms with Crippen LogP contribution in [0.3, 0.4) is 0 Å². The fourth-order valence-electron chi connectivity index (χ4n) is 3.77. The number of hydrogen-bond donors (Lipinski definition) is 1. The summed E-state index contributed by atoms with van der Waals surface area (Å²) in [6, 6.07) is 5.54. The van der Waals surface area contributed by atoms with Gasteiger partial charge in [0.1, 0.15) is 5.75 Å². The molecule has 2 fully saturated rings. The molecule has 142 valence electrons. The first-order chi connectivity index (χ1) is 12.6. The summed E-state index contributed by atoms with van der Waals surface area (Å²) < 4.78 is 5.22. The van der Waals surface area contributed by atoms with E-state index in [0.717, 1.165) is 45.4 Å². The van der Waals surface area contributed by atoms with Crippen molar-refractivity contribution in [2.24, 2.45) is 0 Å². The highest BCUT2D eigenvalue weighted by Crippen LogP contribution is 2.23. The molecule has 1 aromatic carbocycles. The summed E-state index contributed by atoms with van der Waals surface area (Å²) >= 11 is 6.10. The molecule has 2 heterocycles. The highest BCUT2D eigenvalue weighted by atomic mass is 35.5. The lowest BCUT2D eigenvalue weighted by Crippen LogP contribution is -2.40. The van der Waals surface area contributed by atoms with Gasteiger partial charge in [-0.2, -0.15) is 0 Å². The first-order valence-electron chi connectivity index (χ1n) is 9.21. The van der Waals surface area contributed by atoms with Crippen LogP contribution in [0.25, 0.3) is 0 Å². The van der Waals surface area contributed by atoms with Crippen LogP contribution in [0.5, 0.6) is 5.75 Å². The lowest BCUT2D eigenvalue weighted by molar-refractivity contribution is -0.120. The van der Waals surface area contributed by atoms with Gasteiger partial charge in [-0.05, 0) is 37.5 Å². The summed E-state index contributed by atoms with van der Waals surface area (Å²) in [5.41, 5.74) is 0.562. The van der Waals surface area contributed by atoms with Gasteiger partial charge in [-0.3, -0.25) is 14.5 Å². The van der Waals surface area contributed by atoms with Gasteiger partial charge in [-0.1, -0.05) is 11.6 Å². The molecule has 0 radical (unpaired) electrons. The standard InChI is InChI=1S/C19H26ClN3O3/c1-26-17-12-14(11-15(20)13-17)19(25)23-8-2-7-22(9-10-23)16-3-4-18(24)21-6-5-16/h11-13,16H,2-10H2,1H3,(H,21,24). The second-order valence-electron chi connectivity index (χ2n) is 6.89. The summed E-state index contributed by atoms with van der Waals surface area (Å²) in [4.78, 5) is 28.8. The smallest absolute Gasteiger partial charge is 0.254 e. The monoisotopic (exact) mass is 379 g/mol. The van der Waals surface area contributed by atoms with E-state index in [4.69, 9.17) is 16.3 Å². The normalized spacial score (nSPS) is 22.3. The number of benzene rings is 1. The van der Waals surface area contributed by atoms with Crippen molar-refractivity contribution in [1.82, 2.24) is 15.1 Å². The molecule has 0 spiro atoms.